The Bertz CT molecular complexity index is 1000. The van der Waals surface area contributed by atoms with Gasteiger partial charge in [0.1, 0.15) is 11.8 Å². The summed E-state index contributed by atoms with van der Waals surface area (Å²) >= 11 is 0. The monoisotopic (exact) mass is 438 g/mol. The van der Waals surface area contributed by atoms with E-state index in [0.717, 1.165) is 38.8 Å². The summed E-state index contributed by atoms with van der Waals surface area (Å²) in [5, 5.41) is 27.4. The second-order valence-corrected chi connectivity index (χ2v) is 8.22. The van der Waals surface area contributed by atoms with E-state index in [-0.39, 0.29) is 17.0 Å². The molecule has 1 aromatic carbocycles. The molecule has 0 unspecified atom stereocenters. The molecule has 1 aromatic rings. The first-order chi connectivity index (χ1) is 15.6. The average molecular weight is 438 g/mol. The number of carbonyl (C=O) groups excluding carboxylic acids is 1. The molecule has 2 fully saturated rings. The number of benzene rings is 1. The summed E-state index contributed by atoms with van der Waals surface area (Å²) in [4.78, 5) is 30.3. The lowest BCUT2D eigenvalue weighted by molar-refractivity contribution is -0.384. The number of non-ortho nitro benzene ring substituents is 1. The zero-order valence-corrected chi connectivity index (χ0v) is 17.8. The number of hydrogen-bond donors (Lipinski definition) is 2. The highest BCUT2D eigenvalue weighted by Crippen LogP contribution is 2.36. The van der Waals surface area contributed by atoms with Crippen molar-refractivity contribution in [1.29, 1.82) is 5.26 Å². The van der Waals surface area contributed by atoms with Gasteiger partial charge in [0.25, 0.3) is 5.69 Å². The average Bonchev–Trinajstić information content (AvgIpc) is 2.83. The van der Waals surface area contributed by atoms with Gasteiger partial charge in [0.15, 0.2) is 11.4 Å². The predicted octanol–water partition coefficient (Wildman–Crippen LogP) is 2.86. The fraction of sp³-hybridized carbons (Fsp3) is 0.500. The van der Waals surface area contributed by atoms with E-state index < -0.39 is 10.9 Å². The van der Waals surface area contributed by atoms with Gasteiger partial charge in [-0.2, -0.15) is 5.26 Å². The summed E-state index contributed by atoms with van der Waals surface area (Å²) in [5.74, 6) is 0.0953. The minimum atomic E-state index is -0.697. The summed E-state index contributed by atoms with van der Waals surface area (Å²) in [7, 11) is 0. The Kier molecular flexibility index (Phi) is 6.66. The van der Waals surface area contributed by atoms with Crippen LogP contribution in [0.15, 0.2) is 34.5 Å². The van der Waals surface area contributed by atoms with Crippen molar-refractivity contribution in [3.05, 3.63) is 39.6 Å². The Balaban J connectivity index is 1.66. The van der Waals surface area contributed by atoms with Crippen LogP contribution in [0, 0.1) is 27.4 Å². The van der Waals surface area contributed by atoms with Crippen molar-refractivity contribution in [2.24, 2.45) is 10.9 Å². The number of nitrogens with one attached hydrogen (secondary N) is 2. The van der Waals surface area contributed by atoms with Gasteiger partial charge in [-0.3, -0.25) is 10.1 Å². The van der Waals surface area contributed by atoms with Crippen LogP contribution in [0.1, 0.15) is 32.1 Å². The van der Waals surface area contributed by atoms with Crippen LogP contribution in [0.2, 0.25) is 0 Å². The van der Waals surface area contributed by atoms with E-state index in [1.165, 1.54) is 18.6 Å². The second kappa shape index (κ2) is 9.78. The van der Waals surface area contributed by atoms with Gasteiger partial charge in [-0.05, 0) is 24.8 Å². The zero-order chi connectivity index (χ0) is 22.5. The van der Waals surface area contributed by atoms with Gasteiger partial charge in [-0.25, -0.2) is 9.79 Å². The molecule has 0 radical (unpaired) electrons. The molecule has 3 aliphatic rings. The number of esters is 1. The first-order valence-corrected chi connectivity index (χ1v) is 11.0. The van der Waals surface area contributed by atoms with Crippen LogP contribution in [0.5, 0.6) is 0 Å². The molecule has 2 N–H and O–H groups in total. The number of amidine groups is 1. The Labute approximate surface area is 186 Å². The van der Waals surface area contributed by atoms with Gasteiger partial charge < -0.3 is 20.3 Å². The van der Waals surface area contributed by atoms with Crippen LogP contribution in [-0.2, 0) is 9.53 Å². The van der Waals surface area contributed by atoms with Crippen molar-refractivity contribution in [1.82, 2.24) is 10.2 Å². The Morgan fingerprint density at radius 2 is 2.03 bits per heavy atom. The third kappa shape index (κ3) is 4.73. The first-order valence-electron chi connectivity index (χ1n) is 11.0. The lowest BCUT2D eigenvalue weighted by Gasteiger charge is -2.34. The highest BCUT2D eigenvalue weighted by molar-refractivity contribution is 6.12. The van der Waals surface area contributed by atoms with Gasteiger partial charge in [-0.1, -0.05) is 19.3 Å². The topological polar surface area (TPSA) is 133 Å². The summed E-state index contributed by atoms with van der Waals surface area (Å²) in [6.45, 7) is 3.09. The number of anilines is 1. The van der Waals surface area contributed by atoms with Crippen LogP contribution in [0.4, 0.5) is 17.1 Å². The van der Waals surface area contributed by atoms with Crippen LogP contribution in [0.3, 0.4) is 0 Å². The minimum Gasteiger partial charge on any atom is -0.461 e. The molecule has 0 amide bonds. The number of nitriles is 1. The highest BCUT2D eigenvalue weighted by Gasteiger charge is 2.30. The summed E-state index contributed by atoms with van der Waals surface area (Å²) in [5.41, 5.74) is 0.850. The van der Waals surface area contributed by atoms with Gasteiger partial charge >= 0.3 is 5.97 Å². The number of nitro benzene ring substituents is 1. The van der Waals surface area contributed by atoms with Crippen molar-refractivity contribution in [2.45, 2.75) is 32.1 Å². The van der Waals surface area contributed by atoms with Crippen LogP contribution in [-0.4, -0.2) is 54.4 Å². The van der Waals surface area contributed by atoms with Gasteiger partial charge in [0.05, 0.1) is 22.9 Å². The van der Waals surface area contributed by atoms with E-state index in [0.29, 0.717) is 42.8 Å². The quantitative estimate of drug-likeness (QED) is 0.241. The van der Waals surface area contributed by atoms with E-state index in [4.69, 9.17) is 4.74 Å². The molecule has 1 saturated heterocycles. The molecule has 2 aliphatic heterocycles. The molecule has 1 saturated carbocycles. The van der Waals surface area contributed by atoms with Crippen LogP contribution in [0.25, 0.3) is 0 Å². The van der Waals surface area contributed by atoms with Crippen molar-refractivity contribution >= 4 is 28.9 Å². The third-order valence-electron chi connectivity index (χ3n) is 6.06. The summed E-state index contributed by atoms with van der Waals surface area (Å²) in [6, 6.07) is 6.29. The van der Waals surface area contributed by atoms with Crippen LogP contribution < -0.4 is 10.6 Å². The molecule has 0 atom stereocenters. The molecule has 2 heterocycles. The molecule has 32 heavy (non-hydrogen) atoms. The smallest absolute Gasteiger partial charge is 0.351 e. The summed E-state index contributed by atoms with van der Waals surface area (Å²) < 4.78 is 5.52. The molecule has 10 heteroatoms. The minimum absolute atomic E-state index is 0.102. The SMILES string of the molecule is N#CC(C(=O)OCC1CCCCC1)=C1Nc2cc([N+](=O)[O-])ccc2N=C1N1CCNCC1. The maximum Gasteiger partial charge on any atom is 0.351 e. The molecule has 0 aromatic heterocycles. The molecule has 0 bridgehead atoms. The number of rotatable bonds is 4. The number of fused-ring (bicyclic) bond motifs is 1. The number of hydrogen-bond acceptors (Lipinski definition) is 9. The highest BCUT2D eigenvalue weighted by atomic mass is 16.6. The Hall–Kier alpha value is -3.45. The number of nitro groups is 1. The lowest BCUT2D eigenvalue weighted by atomic mass is 9.90. The fourth-order valence-electron chi connectivity index (χ4n) is 4.30. The normalized spacial score (nSPS) is 20.3. The first kappa shape index (κ1) is 21.8. The lowest BCUT2D eigenvalue weighted by Crippen LogP contribution is -2.48. The maximum atomic E-state index is 12.9. The largest absolute Gasteiger partial charge is 0.461 e. The number of nitrogens with zero attached hydrogens (tertiary/aromatic N) is 4. The maximum absolute atomic E-state index is 12.9. The second-order valence-electron chi connectivity index (χ2n) is 8.22. The molecule has 0 spiro atoms. The number of carbonyl (C=O) groups is 1. The fourth-order valence-corrected chi connectivity index (χ4v) is 4.30. The molecule has 4 rings (SSSR count). The predicted molar refractivity (Wildman–Crippen MR) is 118 cm³/mol. The number of piperazine rings is 1. The van der Waals surface area contributed by atoms with E-state index in [9.17, 15) is 20.2 Å². The molecular formula is C22H26N6O4. The Morgan fingerprint density at radius 1 is 1.28 bits per heavy atom. The molecular weight excluding hydrogens is 412 g/mol. The number of ether oxygens (including phenoxy) is 1. The van der Waals surface area contributed by atoms with Gasteiger partial charge in [0, 0.05) is 38.3 Å². The van der Waals surface area contributed by atoms with Crippen molar-refractivity contribution < 1.29 is 14.5 Å². The summed E-state index contributed by atoms with van der Waals surface area (Å²) in [6.07, 6.45) is 5.51. The zero-order valence-electron chi connectivity index (χ0n) is 17.8. The number of aliphatic imine (C=N–C) groups is 1. The van der Waals surface area contributed by atoms with Crippen molar-refractivity contribution in [3.63, 3.8) is 0 Å². The van der Waals surface area contributed by atoms with Crippen molar-refractivity contribution in [3.8, 4) is 6.07 Å². The van der Waals surface area contributed by atoms with E-state index in [1.54, 1.807) is 6.07 Å². The van der Waals surface area contributed by atoms with Crippen LogP contribution >= 0.6 is 0 Å². The standard InChI is InChI=1S/C22H26N6O4/c23-13-17(22(29)32-14-15-4-2-1-3-5-15)20-21(27-10-8-24-9-11-27)26-18-7-6-16(28(30)31)12-19(18)25-20/h6-7,12,15,24-25H,1-5,8-11,14H2. The van der Waals surface area contributed by atoms with E-state index >= 15 is 0 Å². The third-order valence-corrected chi connectivity index (χ3v) is 6.06. The Morgan fingerprint density at radius 3 is 2.72 bits per heavy atom. The van der Waals surface area contributed by atoms with E-state index in [2.05, 4.69) is 15.6 Å². The van der Waals surface area contributed by atoms with Gasteiger partial charge in [0.2, 0.25) is 0 Å². The molecule has 1 aliphatic carbocycles. The molecule has 168 valence electrons. The molecule has 10 nitrogen and oxygen atoms in total. The van der Waals surface area contributed by atoms with Crippen molar-refractivity contribution in [2.75, 3.05) is 38.1 Å². The van der Waals surface area contributed by atoms with E-state index in [1.807, 2.05) is 11.0 Å². The van der Waals surface area contributed by atoms with Gasteiger partial charge in [-0.15, -0.1) is 0 Å².